The van der Waals surface area contributed by atoms with Crippen LogP contribution >= 0.6 is 0 Å². The van der Waals surface area contributed by atoms with Crippen molar-refractivity contribution in [3.63, 3.8) is 0 Å². The Morgan fingerprint density at radius 2 is 1.84 bits per heavy atom. The molecule has 2 aromatic heterocycles. The van der Waals surface area contributed by atoms with Crippen molar-refractivity contribution < 1.29 is 22.7 Å². The van der Waals surface area contributed by atoms with E-state index >= 15 is 0 Å². The molecule has 37 heavy (non-hydrogen) atoms. The first kappa shape index (κ1) is 24.6. The van der Waals surface area contributed by atoms with Gasteiger partial charge in [0.05, 0.1) is 41.9 Å². The van der Waals surface area contributed by atoms with Crippen LogP contribution in [0, 0.1) is 13.8 Å². The summed E-state index contributed by atoms with van der Waals surface area (Å²) in [6.07, 6.45) is 3.37. The van der Waals surface area contributed by atoms with E-state index in [0.29, 0.717) is 40.2 Å². The topological polar surface area (TPSA) is 120 Å². The Bertz CT molecular complexity index is 1640. The van der Waals surface area contributed by atoms with E-state index in [1.807, 2.05) is 26.0 Å². The summed E-state index contributed by atoms with van der Waals surface area (Å²) in [4.78, 5) is 27.0. The second kappa shape index (κ2) is 9.11. The lowest BCUT2D eigenvalue weighted by molar-refractivity contribution is -0.122. The fourth-order valence-corrected chi connectivity index (χ4v) is 6.08. The largest absolute Gasteiger partial charge is 0.496 e. The number of methoxy groups -OCH3 is 2. The molecule has 0 spiro atoms. The van der Waals surface area contributed by atoms with Crippen molar-refractivity contribution in [1.82, 2.24) is 19.7 Å². The second-order valence-electron chi connectivity index (χ2n) is 9.13. The Balaban J connectivity index is 1.60. The van der Waals surface area contributed by atoms with E-state index in [9.17, 15) is 13.2 Å². The van der Waals surface area contributed by atoms with Gasteiger partial charge in [0, 0.05) is 28.8 Å². The smallest absolute Gasteiger partial charge is 0.264 e. The summed E-state index contributed by atoms with van der Waals surface area (Å²) in [6.45, 7) is 3.73. The van der Waals surface area contributed by atoms with Crippen LogP contribution in [0.2, 0.25) is 0 Å². The molecular weight excluding hydrogens is 492 g/mol. The third kappa shape index (κ3) is 4.27. The number of aryl methyl sites for hydroxylation is 2. The highest BCUT2D eigenvalue weighted by molar-refractivity contribution is 7.90. The number of sulfonamides is 1. The number of benzene rings is 2. The van der Waals surface area contributed by atoms with Crippen LogP contribution in [0.25, 0.3) is 10.9 Å². The molecule has 9 nitrogen and oxygen atoms in total. The fourth-order valence-electron chi connectivity index (χ4n) is 4.82. The molecule has 2 atom stereocenters. The number of carbonyl (C=O) groups excluding carboxylic acids is 1. The Morgan fingerprint density at radius 3 is 2.59 bits per heavy atom. The highest BCUT2D eigenvalue weighted by atomic mass is 32.2. The zero-order valence-electron chi connectivity index (χ0n) is 20.8. The van der Waals surface area contributed by atoms with Crippen LogP contribution in [0.5, 0.6) is 11.6 Å². The molecule has 0 unspecified atom stereocenters. The monoisotopic (exact) mass is 518 g/mol. The van der Waals surface area contributed by atoms with Gasteiger partial charge in [-0.1, -0.05) is 23.8 Å². The highest BCUT2D eigenvalue weighted by Crippen LogP contribution is 2.62. The van der Waals surface area contributed by atoms with Crippen LogP contribution in [0.1, 0.15) is 34.9 Å². The first-order valence-corrected chi connectivity index (χ1v) is 13.1. The van der Waals surface area contributed by atoms with Gasteiger partial charge in [0.1, 0.15) is 5.75 Å². The number of amides is 1. The van der Waals surface area contributed by atoms with Crippen molar-refractivity contribution in [2.75, 3.05) is 14.2 Å². The SMILES string of the molecule is COc1cncc([C@H]2C[C@@]2(C(=O)NS(=O)(=O)c2cccc3nc(C)ccc23)c2cc(C)ccc2OC)n1. The molecule has 5 rings (SSSR count). The molecular formula is C27H26N4O5S. The van der Waals surface area contributed by atoms with Gasteiger partial charge in [-0.2, -0.15) is 0 Å². The zero-order valence-corrected chi connectivity index (χ0v) is 21.7. The first-order chi connectivity index (χ1) is 17.7. The van der Waals surface area contributed by atoms with Gasteiger partial charge in [-0.05, 0) is 50.6 Å². The number of nitrogens with one attached hydrogen (secondary N) is 1. The molecule has 2 aromatic carbocycles. The number of rotatable bonds is 7. The predicted octanol–water partition coefficient (Wildman–Crippen LogP) is 3.59. The van der Waals surface area contributed by atoms with Crippen LogP contribution in [-0.2, 0) is 20.2 Å². The summed E-state index contributed by atoms with van der Waals surface area (Å²) in [5.74, 6) is -0.302. The van der Waals surface area contributed by atoms with E-state index in [2.05, 4.69) is 19.7 Å². The van der Waals surface area contributed by atoms with E-state index in [4.69, 9.17) is 9.47 Å². The molecule has 1 fully saturated rings. The normalized spacial score (nSPS) is 18.9. The van der Waals surface area contributed by atoms with Crippen molar-refractivity contribution in [3.8, 4) is 11.6 Å². The van der Waals surface area contributed by atoms with Crippen molar-refractivity contribution >= 4 is 26.8 Å². The minimum absolute atomic E-state index is 0.0180. The summed E-state index contributed by atoms with van der Waals surface area (Å²) in [5, 5.41) is 0.432. The van der Waals surface area contributed by atoms with Crippen molar-refractivity contribution in [3.05, 3.63) is 83.4 Å². The van der Waals surface area contributed by atoms with Crippen molar-refractivity contribution in [2.45, 2.75) is 36.5 Å². The maximum atomic E-state index is 14.0. The van der Waals surface area contributed by atoms with E-state index < -0.39 is 27.3 Å². The quantitative estimate of drug-likeness (QED) is 0.394. The summed E-state index contributed by atoms with van der Waals surface area (Å²) < 4.78 is 40.3. The molecule has 1 N–H and O–H groups in total. The summed E-state index contributed by atoms with van der Waals surface area (Å²) >= 11 is 0. The Kier molecular flexibility index (Phi) is 6.07. The Hall–Kier alpha value is -4.05. The van der Waals surface area contributed by atoms with E-state index in [1.54, 1.807) is 36.5 Å². The van der Waals surface area contributed by atoms with Crippen LogP contribution in [0.15, 0.2) is 65.8 Å². The molecule has 190 valence electrons. The lowest BCUT2D eigenvalue weighted by atomic mass is 9.89. The molecule has 0 bridgehead atoms. The molecule has 1 amide bonds. The molecule has 1 saturated carbocycles. The zero-order chi connectivity index (χ0) is 26.4. The molecule has 1 aliphatic rings. The number of fused-ring (bicyclic) bond motifs is 1. The van der Waals surface area contributed by atoms with Gasteiger partial charge in [0.25, 0.3) is 10.0 Å². The van der Waals surface area contributed by atoms with Crippen LogP contribution in [0.4, 0.5) is 0 Å². The molecule has 1 aliphatic carbocycles. The van der Waals surface area contributed by atoms with E-state index in [1.165, 1.54) is 26.5 Å². The summed E-state index contributed by atoms with van der Waals surface area (Å²) in [6, 6.07) is 13.7. The lowest BCUT2D eigenvalue weighted by Crippen LogP contribution is -2.40. The van der Waals surface area contributed by atoms with E-state index in [0.717, 1.165) is 11.3 Å². The number of nitrogens with zero attached hydrogens (tertiary/aromatic N) is 3. The van der Waals surface area contributed by atoms with Gasteiger partial charge in [-0.25, -0.2) is 18.1 Å². The fraction of sp³-hybridized carbons (Fsp3) is 0.259. The number of hydrogen-bond acceptors (Lipinski definition) is 8. The Labute approximate surface area is 214 Å². The summed E-state index contributed by atoms with van der Waals surface area (Å²) in [5.41, 5.74) is 2.08. The maximum Gasteiger partial charge on any atom is 0.264 e. The molecule has 4 aromatic rings. The average Bonchev–Trinajstić information content (AvgIpc) is 3.65. The van der Waals surface area contributed by atoms with Gasteiger partial charge in [-0.3, -0.25) is 14.8 Å². The summed E-state index contributed by atoms with van der Waals surface area (Å²) in [7, 11) is -1.24. The number of aromatic nitrogens is 3. The van der Waals surface area contributed by atoms with Gasteiger partial charge < -0.3 is 9.47 Å². The average molecular weight is 519 g/mol. The van der Waals surface area contributed by atoms with Crippen LogP contribution in [0.3, 0.4) is 0 Å². The van der Waals surface area contributed by atoms with Gasteiger partial charge >= 0.3 is 0 Å². The lowest BCUT2D eigenvalue weighted by Gasteiger charge is -2.21. The van der Waals surface area contributed by atoms with E-state index in [-0.39, 0.29) is 4.90 Å². The van der Waals surface area contributed by atoms with Gasteiger partial charge in [-0.15, -0.1) is 0 Å². The molecule has 10 heteroatoms. The number of pyridine rings is 1. The molecule has 0 radical (unpaired) electrons. The highest BCUT2D eigenvalue weighted by Gasteiger charge is 2.64. The number of ether oxygens (including phenoxy) is 2. The number of hydrogen-bond donors (Lipinski definition) is 1. The molecule has 2 heterocycles. The van der Waals surface area contributed by atoms with Crippen molar-refractivity contribution in [1.29, 1.82) is 0 Å². The van der Waals surface area contributed by atoms with Gasteiger partial charge in [0.2, 0.25) is 11.8 Å². The standard InChI is InChI=1S/C27H26N4O5S/c1-16-8-11-23(35-3)19(12-16)27(13-20(27)22-14-28-15-25(30-22)36-4)26(32)31-37(33,34)24-7-5-6-21-18(24)10-9-17(2)29-21/h5-12,14-15,20H,13H2,1-4H3,(H,31,32)/t20-,27-/m1/s1. The van der Waals surface area contributed by atoms with Crippen LogP contribution in [-0.4, -0.2) is 43.5 Å². The minimum Gasteiger partial charge on any atom is -0.496 e. The molecule has 0 aliphatic heterocycles. The third-order valence-corrected chi connectivity index (χ3v) is 8.14. The number of carbonyl (C=O) groups is 1. The minimum atomic E-state index is -4.24. The Morgan fingerprint density at radius 1 is 1.03 bits per heavy atom. The predicted molar refractivity (Wildman–Crippen MR) is 137 cm³/mol. The third-order valence-electron chi connectivity index (χ3n) is 6.75. The molecule has 0 saturated heterocycles. The second-order valence-corrected chi connectivity index (χ2v) is 10.8. The first-order valence-electron chi connectivity index (χ1n) is 11.6. The van der Waals surface area contributed by atoms with Crippen molar-refractivity contribution in [2.24, 2.45) is 0 Å². The van der Waals surface area contributed by atoms with Gasteiger partial charge in [0.15, 0.2) is 0 Å². The van der Waals surface area contributed by atoms with Crippen LogP contribution < -0.4 is 14.2 Å². The maximum absolute atomic E-state index is 14.0.